The van der Waals surface area contributed by atoms with Crippen LogP contribution in [0.1, 0.15) is 25.7 Å². The molecule has 0 amide bonds. The van der Waals surface area contributed by atoms with Crippen molar-refractivity contribution in [2.75, 3.05) is 13.7 Å². The van der Waals surface area contributed by atoms with Crippen LogP contribution >= 0.6 is 15.9 Å². The van der Waals surface area contributed by atoms with E-state index in [-0.39, 0.29) is 4.90 Å². The fourth-order valence-corrected chi connectivity index (χ4v) is 4.66. The zero-order valence-electron chi connectivity index (χ0n) is 12.0. The fraction of sp³-hybridized carbons (Fsp3) is 0.600. The first-order chi connectivity index (χ1) is 10.0. The van der Waals surface area contributed by atoms with Crippen molar-refractivity contribution in [2.45, 2.75) is 30.6 Å². The Kier molecular flexibility index (Phi) is 4.30. The van der Waals surface area contributed by atoms with E-state index in [9.17, 15) is 8.42 Å². The van der Waals surface area contributed by atoms with E-state index in [1.165, 1.54) is 25.7 Å². The monoisotopic (exact) mass is 373 g/mol. The van der Waals surface area contributed by atoms with Gasteiger partial charge in [-0.05, 0) is 77.6 Å². The predicted octanol–water partition coefficient (Wildman–Crippen LogP) is 3.17. The Hall–Kier alpha value is -0.590. The van der Waals surface area contributed by atoms with Gasteiger partial charge in [0.2, 0.25) is 10.0 Å². The van der Waals surface area contributed by atoms with Crippen LogP contribution in [0.4, 0.5) is 0 Å². The second-order valence-corrected chi connectivity index (χ2v) is 8.61. The zero-order valence-corrected chi connectivity index (χ0v) is 14.4. The largest absolute Gasteiger partial charge is 0.496 e. The molecule has 2 aliphatic carbocycles. The number of ether oxygens (including phenoxy) is 1. The Morgan fingerprint density at radius 2 is 1.90 bits per heavy atom. The molecular weight excluding hydrogens is 354 g/mol. The summed E-state index contributed by atoms with van der Waals surface area (Å²) < 4.78 is 33.4. The van der Waals surface area contributed by atoms with E-state index in [0.717, 1.165) is 11.8 Å². The van der Waals surface area contributed by atoms with Gasteiger partial charge >= 0.3 is 0 Å². The maximum atomic E-state index is 12.4. The second kappa shape index (κ2) is 5.89. The maximum absolute atomic E-state index is 12.4. The van der Waals surface area contributed by atoms with Crippen LogP contribution in [0, 0.1) is 17.8 Å². The van der Waals surface area contributed by atoms with Crippen molar-refractivity contribution in [3.8, 4) is 5.75 Å². The van der Waals surface area contributed by atoms with Gasteiger partial charge in [-0.1, -0.05) is 0 Å². The molecule has 0 aliphatic heterocycles. The van der Waals surface area contributed by atoms with Crippen molar-refractivity contribution in [1.29, 1.82) is 0 Å². The number of hydrogen-bond acceptors (Lipinski definition) is 3. The van der Waals surface area contributed by atoms with E-state index < -0.39 is 10.0 Å². The van der Waals surface area contributed by atoms with Crippen molar-refractivity contribution in [3.05, 3.63) is 22.7 Å². The van der Waals surface area contributed by atoms with Gasteiger partial charge in [0.15, 0.2) is 0 Å². The third-order valence-corrected chi connectivity index (χ3v) is 6.44. The van der Waals surface area contributed by atoms with Gasteiger partial charge in [-0.3, -0.25) is 0 Å². The minimum Gasteiger partial charge on any atom is -0.496 e. The number of benzene rings is 1. The first-order valence-electron chi connectivity index (χ1n) is 7.34. The highest BCUT2D eigenvalue weighted by Gasteiger charge is 2.41. The van der Waals surface area contributed by atoms with Gasteiger partial charge in [-0.25, -0.2) is 13.1 Å². The molecule has 0 spiro atoms. The summed E-state index contributed by atoms with van der Waals surface area (Å²) in [5.41, 5.74) is 0. The molecule has 0 heterocycles. The van der Waals surface area contributed by atoms with Crippen LogP contribution in [-0.2, 0) is 10.0 Å². The van der Waals surface area contributed by atoms with Gasteiger partial charge in [0.05, 0.1) is 16.5 Å². The normalized spacial score (nSPS) is 19.0. The molecule has 1 aromatic rings. The van der Waals surface area contributed by atoms with E-state index >= 15 is 0 Å². The molecule has 0 bridgehead atoms. The quantitative estimate of drug-likeness (QED) is 0.798. The molecule has 116 valence electrons. The summed E-state index contributed by atoms with van der Waals surface area (Å²) in [5, 5.41) is 0. The van der Waals surface area contributed by atoms with Crippen molar-refractivity contribution in [2.24, 2.45) is 17.8 Å². The number of rotatable bonds is 7. The molecule has 3 rings (SSSR count). The summed E-state index contributed by atoms with van der Waals surface area (Å²) in [4.78, 5) is 0.278. The van der Waals surface area contributed by atoms with Gasteiger partial charge in [0, 0.05) is 6.54 Å². The molecule has 2 saturated carbocycles. The molecule has 1 aromatic carbocycles. The molecule has 21 heavy (non-hydrogen) atoms. The highest BCUT2D eigenvalue weighted by Crippen LogP contribution is 2.48. The summed E-state index contributed by atoms with van der Waals surface area (Å²) in [6.45, 7) is 0.571. The number of methoxy groups -OCH3 is 1. The van der Waals surface area contributed by atoms with Gasteiger partial charge in [0.1, 0.15) is 5.75 Å². The number of sulfonamides is 1. The highest BCUT2D eigenvalue weighted by molar-refractivity contribution is 9.10. The highest BCUT2D eigenvalue weighted by atomic mass is 79.9. The minimum atomic E-state index is -3.45. The van der Waals surface area contributed by atoms with Gasteiger partial charge in [0.25, 0.3) is 0 Å². The van der Waals surface area contributed by atoms with E-state index in [4.69, 9.17) is 4.74 Å². The third-order valence-electron chi connectivity index (χ3n) is 4.40. The topological polar surface area (TPSA) is 55.4 Å². The molecule has 4 nitrogen and oxygen atoms in total. The molecule has 0 atom stereocenters. The third kappa shape index (κ3) is 3.60. The van der Waals surface area contributed by atoms with Crippen molar-refractivity contribution in [3.63, 3.8) is 0 Å². The van der Waals surface area contributed by atoms with E-state index in [0.29, 0.717) is 22.7 Å². The summed E-state index contributed by atoms with van der Waals surface area (Å²) >= 11 is 3.33. The van der Waals surface area contributed by atoms with E-state index in [2.05, 4.69) is 20.7 Å². The molecule has 0 aromatic heterocycles. The Morgan fingerprint density at radius 3 is 2.38 bits per heavy atom. The first-order valence-corrected chi connectivity index (χ1v) is 9.62. The van der Waals surface area contributed by atoms with Gasteiger partial charge < -0.3 is 4.74 Å². The summed E-state index contributed by atoms with van der Waals surface area (Å²) in [6.07, 6.45) is 5.04. The van der Waals surface area contributed by atoms with Gasteiger partial charge in [-0.15, -0.1) is 0 Å². The number of nitrogens with one attached hydrogen (secondary N) is 1. The van der Waals surface area contributed by atoms with Crippen LogP contribution in [0.3, 0.4) is 0 Å². The van der Waals surface area contributed by atoms with Crippen molar-refractivity contribution < 1.29 is 13.2 Å². The fourth-order valence-electron chi connectivity index (χ4n) is 2.87. The molecule has 6 heteroatoms. The minimum absolute atomic E-state index is 0.278. The van der Waals surface area contributed by atoms with Crippen LogP contribution in [0.15, 0.2) is 27.6 Å². The predicted molar refractivity (Wildman–Crippen MR) is 84.8 cm³/mol. The zero-order chi connectivity index (χ0) is 15.0. The summed E-state index contributed by atoms with van der Waals surface area (Å²) in [6, 6.07) is 4.83. The van der Waals surface area contributed by atoms with Crippen LogP contribution in [-0.4, -0.2) is 22.1 Å². The molecule has 2 fully saturated rings. The van der Waals surface area contributed by atoms with Crippen LogP contribution in [0.2, 0.25) is 0 Å². The van der Waals surface area contributed by atoms with Crippen LogP contribution in [0.25, 0.3) is 0 Å². The van der Waals surface area contributed by atoms with E-state index in [1.807, 2.05) is 0 Å². The molecule has 0 saturated heterocycles. The smallest absolute Gasteiger partial charge is 0.240 e. The Balaban J connectivity index is 1.69. The summed E-state index contributed by atoms with van der Waals surface area (Å²) in [5.74, 6) is 2.63. The second-order valence-electron chi connectivity index (χ2n) is 5.99. The maximum Gasteiger partial charge on any atom is 0.240 e. The van der Waals surface area contributed by atoms with E-state index in [1.54, 1.807) is 25.3 Å². The average Bonchev–Trinajstić information content (AvgIpc) is 3.32. The molecule has 1 N–H and O–H groups in total. The lowest BCUT2D eigenvalue weighted by molar-refractivity contribution is 0.401. The molecule has 0 unspecified atom stereocenters. The molecular formula is C15H20BrNO3S. The SMILES string of the molecule is COc1ccc(S(=O)(=O)NCC(C2CC2)C2CC2)cc1Br. The Labute approximate surface area is 134 Å². The Bertz CT molecular complexity index is 612. The van der Waals surface area contributed by atoms with Crippen molar-refractivity contribution in [1.82, 2.24) is 4.72 Å². The number of hydrogen-bond donors (Lipinski definition) is 1. The standard InChI is InChI=1S/C15H20BrNO3S/c1-20-15-7-6-12(8-14(15)16)21(18,19)17-9-13(10-2-3-10)11-4-5-11/h6-8,10-11,13,17H,2-5,9H2,1H3. The van der Waals surface area contributed by atoms with Crippen LogP contribution < -0.4 is 9.46 Å². The lowest BCUT2D eigenvalue weighted by Crippen LogP contribution is -2.31. The Morgan fingerprint density at radius 1 is 1.29 bits per heavy atom. The van der Waals surface area contributed by atoms with Gasteiger partial charge in [-0.2, -0.15) is 0 Å². The lowest BCUT2D eigenvalue weighted by atomic mass is 9.99. The summed E-state index contributed by atoms with van der Waals surface area (Å²) in [7, 11) is -1.89. The first kappa shape index (κ1) is 15.3. The average molecular weight is 374 g/mol. The van der Waals surface area contributed by atoms with Crippen LogP contribution in [0.5, 0.6) is 5.75 Å². The van der Waals surface area contributed by atoms with Crippen molar-refractivity contribution >= 4 is 26.0 Å². The molecule has 2 aliphatic rings. The number of halogens is 1. The molecule has 0 radical (unpaired) electrons. The lowest BCUT2D eigenvalue weighted by Gasteiger charge is -2.16.